The lowest BCUT2D eigenvalue weighted by atomic mass is 9.95. The zero-order chi connectivity index (χ0) is 25.4. The molecule has 1 N–H and O–H groups in total. The summed E-state index contributed by atoms with van der Waals surface area (Å²) in [7, 11) is 2.73. The third-order valence-corrected chi connectivity index (χ3v) is 6.77. The Balaban J connectivity index is 2.04. The molecule has 0 bridgehead atoms. The summed E-state index contributed by atoms with van der Waals surface area (Å²) in [6.45, 7) is 1.74. The van der Waals surface area contributed by atoms with E-state index in [0.29, 0.717) is 21.8 Å². The van der Waals surface area contributed by atoms with Crippen LogP contribution in [-0.4, -0.2) is 36.0 Å². The number of nitrogens with zero attached hydrogens (tertiary/aromatic N) is 2. The van der Waals surface area contributed by atoms with Crippen LogP contribution in [0, 0.1) is 6.92 Å². The van der Waals surface area contributed by atoms with Crippen LogP contribution in [0.15, 0.2) is 54.4 Å². The second kappa shape index (κ2) is 9.77. The Bertz CT molecular complexity index is 1380. The predicted octanol–water partition coefficient (Wildman–Crippen LogP) is 5.99. The molecule has 35 heavy (non-hydrogen) atoms. The van der Waals surface area contributed by atoms with E-state index in [1.807, 2.05) is 0 Å². The third-order valence-electron chi connectivity index (χ3n) is 5.74. The molecule has 1 unspecified atom stereocenters. The number of aromatic nitrogens is 1. The van der Waals surface area contributed by atoms with Gasteiger partial charge in [-0.1, -0.05) is 46.9 Å². The van der Waals surface area contributed by atoms with Gasteiger partial charge < -0.3 is 14.6 Å². The fourth-order valence-corrected chi connectivity index (χ4v) is 4.94. The van der Waals surface area contributed by atoms with Crippen LogP contribution in [-0.2, 0) is 9.59 Å². The van der Waals surface area contributed by atoms with Gasteiger partial charge in [-0.25, -0.2) is 0 Å². The van der Waals surface area contributed by atoms with Crippen molar-refractivity contribution >= 4 is 57.9 Å². The second-order valence-electron chi connectivity index (χ2n) is 7.63. The number of rotatable bonds is 5. The van der Waals surface area contributed by atoms with Crippen molar-refractivity contribution in [3.63, 3.8) is 0 Å². The molecular formula is C25H19Cl3N2O5. The molecule has 4 rings (SSSR count). The number of aliphatic hydroxyl groups is 1. The quantitative estimate of drug-likeness (QED) is 0.246. The standard InChI is InChI=1S/C25H19Cl3N2O5/c1-12-15(26)7-4-8-17(12)30-20(13-6-5-9-29-11-13)18(22(32)25(30)33)21(31)14-10-16(27)24(35-3)19(28)23(14)34-2/h4-11,20,31H,1-3H3/b21-18+. The number of hydrogen-bond donors (Lipinski definition) is 1. The Morgan fingerprint density at radius 2 is 1.74 bits per heavy atom. The molecule has 1 atom stereocenters. The average molecular weight is 534 g/mol. The summed E-state index contributed by atoms with van der Waals surface area (Å²) in [5.74, 6) is -2.08. The zero-order valence-corrected chi connectivity index (χ0v) is 21.1. The molecule has 7 nitrogen and oxygen atoms in total. The van der Waals surface area contributed by atoms with Gasteiger partial charge in [0.25, 0.3) is 11.7 Å². The molecule has 1 aromatic heterocycles. The monoisotopic (exact) mass is 532 g/mol. The fraction of sp³-hybridized carbons (Fsp3) is 0.160. The molecule has 10 heteroatoms. The van der Waals surface area contributed by atoms with E-state index in [-0.39, 0.29) is 32.7 Å². The molecule has 2 heterocycles. The molecule has 1 fully saturated rings. The number of methoxy groups -OCH3 is 2. The van der Waals surface area contributed by atoms with Crippen LogP contribution in [0.3, 0.4) is 0 Å². The molecule has 0 radical (unpaired) electrons. The SMILES string of the molecule is COc1c(Cl)cc(/C(O)=C2\C(=O)C(=O)N(c3cccc(Cl)c3C)C2c2cccnc2)c(OC)c1Cl. The van der Waals surface area contributed by atoms with Gasteiger partial charge in [-0.15, -0.1) is 0 Å². The number of anilines is 1. The highest BCUT2D eigenvalue weighted by Crippen LogP contribution is 2.48. The minimum Gasteiger partial charge on any atom is -0.507 e. The summed E-state index contributed by atoms with van der Waals surface area (Å²) < 4.78 is 10.6. The Hall–Kier alpha value is -3.26. The fourth-order valence-electron chi connectivity index (χ4n) is 4.08. The van der Waals surface area contributed by atoms with E-state index in [1.165, 1.54) is 31.4 Å². The molecule has 1 aliphatic heterocycles. The number of halogens is 3. The number of hydrogen-bond acceptors (Lipinski definition) is 6. The van der Waals surface area contributed by atoms with Crippen molar-refractivity contribution in [2.75, 3.05) is 19.1 Å². The van der Waals surface area contributed by atoms with Crippen molar-refractivity contribution in [1.82, 2.24) is 4.98 Å². The van der Waals surface area contributed by atoms with Crippen molar-refractivity contribution in [3.05, 3.63) is 86.1 Å². The topological polar surface area (TPSA) is 89.0 Å². The molecular weight excluding hydrogens is 515 g/mol. The summed E-state index contributed by atoms with van der Waals surface area (Å²) in [6.07, 6.45) is 3.08. The molecule has 3 aromatic rings. The first-order chi connectivity index (χ1) is 16.7. The summed E-state index contributed by atoms with van der Waals surface area (Å²) in [5, 5.41) is 12.0. The van der Waals surface area contributed by atoms with Crippen LogP contribution in [0.25, 0.3) is 5.76 Å². The summed E-state index contributed by atoms with van der Waals surface area (Å²) in [4.78, 5) is 32.2. The van der Waals surface area contributed by atoms with Crippen molar-refractivity contribution in [1.29, 1.82) is 0 Å². The van der Waals surface area contributed by atoms with Crippen LogP contribution in [0.2, 0.25) is 15.1 Å². The van der Waals surface area contributed by atoms with Gasteiger partial charge in [-0.2, -0.15) is 0 Å². The van der Waals surface area contributed by atoms with Crippen LogP contribution in [0.4, 0.5) is 5.69 Å². The third kappa shape index (κ3) is 4.10. The maximum atomic E-state index is 13.4. The maximum absolute atomic E-state index is 13.4. The lowest BCUT2D eigenvalue weighted by molar-refractivity contribution is -0.132. The summed E-state index contributed by atoms with van der Waals surface area (Å²) in [6, 6.07) is 8.76. The van der Waals surface area contributed by atoms with E-state index in [2.05, 4.69) is 4.98 Å². The highest BCUT2D eigenvalue weighted by Gasteiger charge is 2.48. The Labute approximate surface area is 216 Å². The first kappa shape index (κ1) is 24.9. The van der Waals surface area contributed by atoms with E-state index in [1.54, 1.807) is 43.5 Å². The van der Waals surface area contributed by atoms with Gasteiger partial charge in [0.2, 0.25) is 0 Å². The Kier molecular flexibility index (Phi) is 6.94. The number of carbonyl (C=O) groups excluding carboxylic acids is 2. The predicted molar refractivity (Wildman–Crippen MR) is 135 cm³/mol. The molecule has 180 valence electrons. The molecule has 0 spiro atoms. The number of ketones is 1. The van der Waals surface area contributed by atoms with E-state index >= 15 is 0 Å². The first-order valence-corrected chi connectivity index (χ1v) is 11.4. The van der Waals surface area contributed by atoms with Gasteiger partial charge in [0.15, 0.2) is 11.5 Å². The number of ether oxygens (including phenoxy) is 2. The highest BCUT2D eigenvalue weighted by atomic mass is 35.5. The highest BCUT2D eigenvalue weighted by molar-refractivity contribution is 6.52. The van der Waals surface area contributed by atoms with E-state index in [9.17, 15) is 14.7 Å². The number of Topliss-reactive ketones (excluding diaryl/α,β-unsaturated/α-hetero) is 1. The number of pyridine rings is 1. The Morgan fingerprint density at radius 3 is 2.37 bits per heavy atom. The normalized spacial score (nSPS) is 17.1. The van der Waals surface area contributed by atoms with Crippen molar-refractivity contribution in [3.8, 4) is 11.5 Å². The second-order valence-corrected chi connectivity index (χ2v) is 8.82. The average Bonchev–Trinajstić information content (AvgIpc) is 3.11. The van der Waals surface area contributed by atoms with Crippen LogP contribution in [0.1, 0.15) is 22.7 Å². The van der Waals surface area contributed by atoms with Gasteiger partial charge in [-0.3, -0.25) is 19.5 Å². The summed E-state index contributed by atoms with van der Waals surface area (Å²) in [5.41, 5.74) is 1.36. The van der Waals surface area contributed by atoms with Crippen LogP contribution < -0.4 is 14.4 Å². The maximum Gasteiger partial charge on any atom is 0.300 e. The van der Waals surface area contributed by atoms with Gasteiger partial charge in [0.1, 0.15) is 10.8 Å². The number of amides is 1. The van der Waals surface area contributed by atoms with Crippen molar-refractivity contribution < 1.29 is 24.2 Å². The molecule has 2 aromatic carbocycles. The number of carbonyl (C=O) groups is 2. The first-order valence-electron chi connectivity index (χ1n) is 10.3. The molecule has 1 saturated heterocycles. The lowest BCUT2D eigenvalue weighted by Crippen LogP contribution is -2.30. The van der Waals surface area contributed by atoms with E-state index < -0.39 is 23.5 Å². The Morgan fingerprint density at radius 1 is 1.03 bits per heavy atom. The van der Waals surface area contributed by atoms with Crippen molar-refractivity contribution in [2.45, 2.75) is 13.0 Å². The van der Waals surface area contributed by atoms with Gasteiger partial charge in [0.05, 0.1) is 36.4 Å². The summed E-state index contributed by atoms with van der Waals surface area (Å²) >= 11 is 19.0. The molecule has 1 aliphatic rings. The van der Waals surface area contributed by atoms with Crippen molar-refractivity contribution in [2.24, 2.45) is 0 Å². The van der Waals surface area contributed by atoms with Gasteiger partial charge in [-0.05, 0) is 42.3 Å². The largest absolute Gasteiger partial charge is 0.507 e. The number of aliphatic hydroxyl groups excluding tert-OH is 1. The van der Waals surface area contributed by atoms with E-state index in [0.717, 1.165) is 0 Å². The zero-order valence-electron chi connectivity index (χ0n) is 18.8. The van der Waals surface area contributed by atoms with Gasteiger partial charge in [0, 0.05) is 23.1 Å². The van der Waals surface area contributed by atoms with Crippen LogP contribution >= 0.6 is 34.8 Å². The minimum absolute atomic E-state index is 0.00175. The molecule has 0 saturated carbocycles. The van der Waals surface area contributed by atoms with E-state index in [4.69, 9.17) is 44.3 Å². The molecule has 1 amide bonds. The van der Waals surface area contributed by atoms with Crippen LogP contribution in [0.5, 0.6) is 11.5 Å². The minimum atomic E-state index is -1.01. The smallest absolute Gasteiger partial charge is 0.300 e. The van der Waals surface area contributed by atoms with Gasteiger partial charge >= 0.3 is 0 Å². The lowest BCUT2D eigenvalue weighted by Gasteiger charge is -2.27. The number of benzene rings is 2. The molecule has 0 aliphatic carbocycles.